The Morgan fingerprint density at radius 2 is 2.04 bits per heavy atom. The van der Waals surface area contributed by atoms with Crippen LogP contribution in [0.5, 0.6) is 17.2 Å². The van der Waals surface area contributed by atoms with Crippen molar-refractivity contribution in [2.24, 2.45) is 0 Å². The zero-order valence-electron chi connectivity index (χ0n) is 14.9. The second kappa shape index (κ2) is 6.74. The maximum atomic E-state index is 10.8. The van der Waals surface area contributed by atoms with E-state index in [1.54, 1.807) is 23.5 Å². The van der Waals surface area contributed by atoms with Crippen molar-refractivity contribution in [1.82, 2.24) is 10.4 Å². The summed E-state index contributed by atoms with van der Waals surface area (Å²) in [5.74, 6) is 1.10. The second-order valence-corrected chi connectivity index (χ2v) is 7.96. The molecule has 2 aliphatic heterocycles. The predicted octanol–water partition coefficient (Wildman–Crippen LogP) is 5.11. The van der Waals surface area contributed by atoms with Crippen molar-refractivity contribution in [3.8, 4) is 17.2 Å². The largest absolute Gasteiger partial charge is 0.504 e. The number of hydrogen-bond donors (Lipinski definition) is 2. The summed E-state index contributed by atoms with van der Waals surface area (Å²) in [4.78, 5) is 1.14. The van der Waals surface area contributed by atoms with Gasteiger partial charge in [0.2, 0.25) is 0 Å². The number of methoxy groups -OCH3 is 1. The van der Waals surface area contributed by atoms with Crippen LogP contribution in [-0.4, -0.2) is 17.2 Å². The molecular weight excluding hydrogens is 396 g/mol. The van der Waals surface area contributed by atoms with E-state index >= 15 is 0 Å². The fourth-order valence-corrected chi connectivity index (χ4v) is 4.58. The summed E-state index contributed by atoms with van der Waals surface area (Å²) in [6.07, 6.45) is 1.60. The zero-order chi connectivity index (χ0) is 19.3. The number of hydrogen-bond acceptors (Lipinski definition) is 6. The number of hydrazine groups is 1. The van der Waals surface area contributed by atoms with Crippen molar-refractivity contribution in [2.75, 3.05) is 7.11 Å². The molecule has 0 bridgehead atoms. The molecule has 0 saturated carbocycles. The molecule has 5 rings (SSSR count). The van der Waals surface area contributed by atoms with Crippen molar-refractivity contribution in [2.45, 2.75) is 12.3 Å². The van der Waals surface area contributed by atoms with E-state index in [1.807, 2.05) is 34.7 Å². The highest BCUT2D eigenvalue weighted by molar-refractivity contribution is 7.11. The summed E-state index contributed by atoms with van der Waals surface area (Å²) in [6.45, 7) is 0. The molecule has 3 aromatic rings. The Hall–Kier alpha value is -2.67. The molecule has 2 aliphatic rings. The molecule has 0 aliphatic carbocycles. The molecule has 0 fully saturated rings. The number of aromatic hydroxyl groups is 1. The highest BCUT2D eigenvalue weighted by atomic mass is 35.5. The quantitative estimate of drug-likeness (QED) is 0.626. The molecule has 0 saturated heterocycles. The monoisotopic (exact) mass is 412 g/mol. The standard InChI is InChI=1S/C21H17ClN2O3S/c1-26-18-10-12(22)9-14(20(18)25)21-24-16(13-5-2-3-6-17(13)27-21)11-15(23-24)19-7-4-8-28-19/h2-11,16,21,23,25H,1H3. The summed E-state index contributed by atoms with van der Waals surface area (Å²) >= 11 is 7.94. The minimum atomic E-state index is -0.582. The first-order chi connectivity index (χ1) is 13.7. The molecule has 7 heteroatoms. The summed E-state index contributed by atoms with van der Waals surface area (Å²) in [5.41, 5.74) is 6.07. The third-order valence-electron chi connectivity index (χ3n) is 4.94. The Kier molecular flexibility index (Phi) is 4.19. The Morgan fingerprint density at radius 3 is 2.82 bits per heavy atom. The van der Waals surface area contributed by atoms with Crippen LogP contribution >= 0.6 is 22.9 Å². The van der Waals surface area contributed by atoms with Crippen LogP contribution in [0.3, 0.4) is 0 Å². The van der Waals surface area contributed by atoms with Gasteiger partial charge in [0, 0.05) is 16.7 Å². The molecule has 28 heavy (non-hydrogen) atoms. The topological polar surface area (TPSA) is 54.0 Å². The van der Waals surface area contributed by atoms with Gasteiger partial charge in [-0.05, 0) is 29.7 Å². The van der Waals surface area contributed by atoms with E-state index in [-0.39, 0.29) is 11.8 Å². The van der Waals surface area contributed by atoms with Gasteiger partial charge in [-0.3, -0.25) is 0 Å². The van der Waals surface area contributed by atoms with Gasteiger partial charge in [-0.25, -0.2) is 0 Å². The first kappa shape index (κ1) is 17.4. The normalized spacial score (nSPS) is 20.6. The van der Waals surface area contributed by atoms with Gasteiger partial charge in [-0.2, -0.15) is 5.01 Å². The highest BCUT2D eigenvalue weighted by Crippen LogP contribution is 2.49. The number of halogens is 1. The van der Waals surface area contributed by atoms with Crippen LogP contribution in [0.15, 0.2) is 60.0 Å². The fourth-order valence-electron chi connectivity index (χ4n) is 3.66. The molecule has 0 radical (unpaired) electrons. The van der Waals surface area contributed by atoms with Gasteiger partial charge in [0.1, 0.15) is 5.75 Å². The molecule has 2 atom stereocenters. The number of para-hydroxylation sites is 1. The van der Waals surface area contributed by atoms with Gasteiger partial charge in [0.15, 0.2) is 17.7 Å². The van der Waals surface area contributed by atoms with Crippen LogP contribution in [0.4, 0.5) is 0 Å². The molecule has 142 valence electrons. The Labute approximate surface area is 171 Å². The van der Waals surface area contributed by atoms with Crippen LogP contribution in [0.2, 0.25) is 5.02 Å². The van der Waals surface area contributed by atoms with Gasteiger partial charge in [-0.1, -0.05) is 35.9 Å². The van der Waals surface area contributed by atoms with Crippen molar-refractivity contribution < 1.29 is 14.6 Å². The molecule has 5 nitrogen and oxygen atoms in total. The van der Waals surface area contributed by atoms with Crippen molar-refractivity contribution in [3.05, 3.63) is 81.0 Å². The van der Waals surface area contributed by atoms with E-state index in [1.165, 1.54) is 7.11 Å². The van der Waals surface area contributed by atoms with Gasteiger partial charge >= 0.3 is 0 Å². The summed E-state index contributed by atoms with van der Waals surface area (Å²) in [7, 11) is 1.50. The van der Waals surface area contributed by atoms with Gasteiger partial charge in [0.05, 0.1) is 29.3 Å². The third-order valence-corrected chi connectivity index (χ3v) is 6.07. The smallest absolute Gasteiger partial charge is 0.199 e. The number of fused-ring (bicyclic) bond motifs is 3. The average Bonchev–Trinajstić information content (AvgIpc) is 3.38. The lowest BCUT2D eigenvalue weighted by Crippen LogP contribution is -2.43. The maximum absolute atomic E-state index is 10.8. The average molecular weight is 413 g/mol. The van der Waals surface area contributed by atoms with E-state index < -0.39 is 6.23 Å². The third kappa shape index (κ3) is 2.73. The summed E-state index contributed by atoms with van der Waals surface area (Å²) in [5, 5.41) is 15.3. The number of phenolic OH excluding ortho intramolecular Hbond substituents is 1. The zero-order valence-corrected chi connectivity index (χ0v) is 16.5. The minimum Gasteiger partial charge on any atom is -0.504 e. The minimum absolute atomic E-state index is 0.0152. The Balaban J connectivity index is 1.63. The van der Waals surface area contributed by atoms with Crippen molar-refractivity contribution >= 4 is 28.6 Å². The van der Waals surface area contributed by atoms with Crippen LogP contribution in [0.25, 0.3) is 5.70 Å². The van der Waals surface area contributed by atoms with E-state index in [0.29, 0.717) is 16.3 Å². The first-order valence-corrected chi connectivity index (χ1v) is 10.0. The summed E-state index contributed by atoms with van der Waals surface area (Å²) in [6, 6.07) is 15.3. The molecule has 2 aromatic carbocycles. The summed E-state index contributed by atoms with van der Waals surface area (Å²) < 4.78 is 11.6. The molecular formula is C21H17ClN2O3S. The first-order valence-electron chi connectivity index (χ1n) is 8.78. The Morgan fingerprint density at radius 1 is 1.18 bits per heavy atom. The maximum Gasteiger partial charge on any atom is 0.199 e. The molecule has 1 aromatic heterocycles. The number of thiophene rings is 1. The lowest BCUT2D eigenvalue weighted by atomic mass is 10.0. The molecule has 3 heterocycles. The lowest BCUT2D eigenvalue weighted by molar-refractivity contribution is -0.0339. The number of ether oxygens (including phenoxy) is 2. The fraction of sp³-hybridized carbons (Fsp3) is 0.143. The molecule has 0 spiro atoms. The number of phenols is 1. The Bertz CT molecular complexity index is 1070. The van der Waals surface area contributed by atoms with E-state index in [0.717, 1.165) is 21.9 Å². The van der Waals surface area contributed by atoms with E-state index in [4.69, 9.17) is 21.1 Å². The molecule has 0 amide bonds. The van der Waals surface area contributed by atoms with Crippen LogP contribution < -0.4 is 14.9 Å². The SMILES string of the molecule is COc1cc(Cl)cc(C2Oc3ccccc3C3C=C(c4cccs4)NN32)c1O. The number of nitrogens with zero attached hydrogens (tertiary/aromatic N) is 1. The van der Waals surface area contributed by atoms with Crippen molar-refractivity contribution in [3.63, 3.8) is 0 Å². The van der Waals surface area contributed by atoms with Crippen molar-refractivity contribution in [1.29, 1.82) is 0 Å². The lowest BCUT2D eigenvalue weighted by Gasteiger charge is -2.39. The molecule has 2 N–H and O–H groups in total. The number of nitrogens with one attached hydrogen (secondary N) is 1. The van der Waals surface area contributed by atoms with Gasteiger partial charge in [0.25, 0.3) is 0 Å². The highest BCUT2D eigenvalue weighted by Gasteiger charge is 2.41. The van der Waals surface area contributed by atoms with Crippen LogP contribution in [0, 0.1) is 0 Å². The van der Waals surface area contributed by atoms with Gasteiger partial charge < -0.3 is 20.0 Å². The predicted molar refractivity (Wildman–Crippen MR) is 109 cm³/mol. The number of rotatable bonds is 3. The number of benzene rings is 2. The van der Waals surface area contributed by atoms with Crippen LogP contribution in [-0.2, 0) is 0 Å². The molecule has 2 unspecified atom stereocenters. The van der Waals surface area contributed by atoms with Gasteiger partial charge in [-0.15, -0.1) is 11.3 Å². The second-order valence-electron chi connectivity index (χ2n) is 6.58. The van der Waals surface area contributed by atoms with Crippen LogP contribution in [0.1, 0.15) is 28.3 Å². The van der Waals surface area contributed by atoms with E-state index in [2.05, 4.69) is 23.6 Å². The van der Waals surface area contributed by atoms with E-state index in [9.17, 15) is 5.11 Å².